The number of amides is 1. The van der Waals surface area contributed by atoms with E-state index in [-0.39, 0.29) is 5.91 Å². The molecule has 0 aliphatic heterocycles. The largest absolute Gasteiger partial charge is 0.489 e. The van der Waals surface area contributed by atoms with Crippen LogP contribution in [-0.4, -0.2) is 15.7 Å². The molecule has 1 N–H and O–H groups in total. The quantitative estimate of drug-likeness (QED) is 0.759. The van der Waals surface area contributed by atoms with Crippen LogP contribution in [0.15, 0.2) is 48.1 Å². The molecule has 3 aromatic rings. The summed E-state index contributed by atoms with van der Waals surface area (Å²) in [5.74, 6) is 0.544. The Morgan fingerprint density at radius 2 is 2.30 bits per heavy atom. The molecule has 2 heterocycles. The number of nitrogens with zero attached hydrogens (tertiary/aromatic N) is 2. The summed E-state index contributed by atoms with van der Waals surface area (Å²) in [6, 6.07) is 9.04. The lowest BCUT2D eigenvalue weighted by atomic mass is 10.3. The maximum atomic E-state index is 12.2. The van der Waals surface area contributed by atoms with Gasteiger partial charge in [-0.2, -0.15) is 5.10 Å². The number of nitrogens with one attached hydrogen (secondary N) is 1. The molecule has 0 saturated carbocycles. The second kappa shape index (κ2) is 6.85. The number of hydrogen-bond donors (Lipinski definition) is 1. The molecule has 118 valence electrons. The van der Waals surface area contributed by atoms with Gasteiger partial charge in [-0.15, -0.1) is 11.3 Å². The van der Waals surface area contributed by atoms with E-state index in [1.807, 2.05) is 23.6 Å². The summed E-state index contributed by atoms with van der Waals surface area (Å²) in [7, 11) is 1.80. The summed E-state index contributed by atoms with van der Waals surface area (Å²) in [5, 5.41) is 9.35. The Kier molecular flexibility index (Phi) is 4.64. The zero-order valence-electron chi connectivity index (χ0n) is 12.3. The Hall–Kier alpha value is -2.31. The minimum Gasteiger partial charge on any atom is -0.489 e. The summed E-state index contributed by atoms with van der Waals surface area (Å²) >= 11 is 7.29. The van der Waals surface area contributed by atoms with Gasteiger partial charge in [-0.3, -0.25) is 9.48 Å². The van der Waals surface area contributed by atoms with Gasteiger partial charge in [-0.1, -0.05) is 17.7 Å². The van der Waals surface area contributed by atoms with Gasteiger partial charge in [0.1, 0.15) is 12.4 Å². The second-order valence-electron chi connectivity index (χ2n) is 4.92. The van der Waals surface area contributed by atoms with Gasteiger partial charge in [0.25, 0.3) is 5.91 Å². The van der Waals surface area contributed by atoms with Crippen LogP contribution in [0.2, 0.25) is 5.02 Å². The number of aryl methyl sites for hydroxylation is 1. The van der Waals surface area contributed by atoms with E-state index in [1.54, 1.807) is 36.3 Å². The Bertz CT molecular complexity index is 828. The van der Waals surface area contributed by atoms with Crippen molar-refractivity contribution in [1.29, 1.82) is 0 Å². The number of thiophene rings is 1. The van der Waals surface area contributed by atoms with Crippen LogP contribution in [0, 0.1) is 0 Å². The smallest absolute Gasteiger partial charge is 0.265 e. The molecule has 23 heavy (non-hydrogen) atoms. The molecule has 7 heteroatoms. The van der Waals surface area contributed by atoms with Crippen molar-refractivity contribution in [1.82, 2.24) is 9.78 Å². The lowest BCUT2D eigenvalue weighted by molar-refractivity contribution is 0.103. The first-order chi connectivity index (χ1) is 11.1. The molecular weight excluding hydrogens is 334 g/mol. The van der Waals surface area contributed by atoms with Crippen LogP contribution < -0.4 is 10.1 Å². The van der Waals surface area contributed by atoms with Crippen molar-refractivity contribution in [3.8, 4) is 5.75 Å². The van der Waals surface area contributed by atoms with Crippen LogP contribution >= 0.6 is 22.9 Å². The summed E-state index contributed by atoms with van der Waals surface area (Å²) < 4.78 is 7.30. The van der Waals surface area contributed by atoms with E-state index in [1.165, 1.54) is 11.3 Å². The molecule has 0 aliphatic carbocycles. The van der Waals surface area contributed by atoms with E-state index in [0.29, 0.717) is 27.9 Å². The lowest BCUT2D eigenvalue weighted by Gasteiger charge is -2.04. The van der Waals surface area contributed by atoms with Gasteiger partial charge in [-0.05, 0) is 29.6 Å². The van der Waals surface area contributed by atoms with E-state index in [2.05, 4.69) is 10.4 Å². The highest BCUT2D eigenvalue weighted by Gasteiger charge is 2.11. The third-order valence-corrected chi connectivity index (χ3v) is 4.25. The normalized spacial score (nSPS) is 10.5. The first-order valence-electron chi connectivity index (χ1n) is 6.86. The molecule has 0 spiro atoms. The molecule has 1 amide bonds. The predicted octanol–water partition coefficient (Wildman–Crippen LogP) is 3.97. The molecular formula is C16H14ClN3O2S. The number of carbonyl (C=O) groups excluding carboxylic acids is 1. The third-order valence-electron chi connectivity index (χ3n) is 3.04. The summed E-state index contributed by atoms with van der Waals surface area (Å²) in [4.78, 5) is 12.8. The van der Waals surface area contributed by atoms with Crippen LogP contribution in [0.4, 0.5) is 5.69 Å². The highest BCUT2D eigenvalue weighted by atomic mass is 35.5. The van der Waals surface area contributed by atoms with Gasteiger partial charge in [0, 0.05) is 23.8 Å². The second-order valence-corrected chi connectivity index (χ2v) is 6.27. The summed E-state index contributed by atoms with van der Waals surface area (Å²) in [5.41, 5.74) is 1.61. The molecule has 3 rings (SSSR count). The number of rotatable bonds is 5. The van der Waals surface area contributed by atoms with Gasteiger partial charge < -0.3 is 10.1 Å². The van der Waals surface area contributed by atoms with Crippen LogP contribution in [0.1, 0.15) is 15.2 Å². The molecule has 0 radical (unpaired) electrons. The van der Waals surface area contributed by atoms with Crippen molar-refractivity contribution in [2.45, 2.75) is 6.61 Å². The van der Waals surface area contributed by atoms with Crippen molar-refractivity contribution in [3.05, 3.63) is 63.6 Å². The fourth-order valence-corrected chi connectivity index (χ4v) is 2.94. The number of benzene rings is 1. The van der Waals surface area contributed by atoms with E-state index < -0.39 is 0 Å². The van der Waals surface area contributed by atoms with Crippen molar-refractivity contribution < 1.29 is 9.53 Å². The van der Waals surface area contributed by atoms with Crippen LogP contribution in [0.5, 0.6) is 5.75 Å². The fraction of sp³-hybridized carbons (Fsp3) is 0.125. The fourth-order valence-electron chi connectivity index (χ4n) is 1.97. The van der Waals surface area contributed by atoms with E-state index >= 15 is 0 Å². The molecule has 5 nitrogen and oxygen atoms in total. The Morgan fingerprint density at radius 1 is 1.43 bits per heavy atom. The Labute approximate surface area is 142 Å². The Morgan fingerprint density at radius 3 is 3.04 bits per heavy atom. The lowest BCUT2D eigenvalue weighted by Crippen LogP contribution is -2.09. The van der Waals surface area contributed by atoms with Crippen LogP contribution in [0.25, 0.3) is 0 Å². The Balaban J connectivity index is 1.60. The maximum absolute atomic E-state index is 12.2. The topological polar surface area (TPSA) is 56.2 Å². The van der Waals surface area contributed by atoms with Crippen LogP contribution in [-0.2, 0) is 13.7 Å². The standard InChI is InChI=1S/C16H14ClN3O2S/c1-20-8-13(7-18-20)19-16(21)15-5-11(10-23-15)9-22-14-4-2-3-12(17)6-14/h2-8,10H,9H2,1H3,(H,19,21). The SMILES string of the molecule is Cn1cc(NC(=O)c2cc(COc3cccc(Cl)c3)cs2)cn1. The average Bonchev–Trinajstić information content (AvgIpc) is 3.14. The third kappa shape index (κ3) is 4.12. The van der Waals surface area contributed by atoms with Gasteiger partial charge in [0.15, 0.2) is 0 Å². The highest BCUT2D eigenvalue weighted by Crippen LogP contribution is 2.21. The average molecular weight is 348 g/mol. The summed E-state index contributed by atoms with van der Waals surface area (Å²) in [6.45, 7) is 0.386. The first-order valence-corrected chi connectivity index (χ1v) is 8.12. The van der Waals surface area contributed by atoms with E-state index in [9.17, 15) is 4.79 Å². The predicted molar refractivity (Wildman–Crippen MR) is 91.3 cm³/mol. The van der Waals surface area contributed by atoms with Crippen molar-refractivity contribution in [2.75, 3.05) is 5.32 Å². The highest BCUT2D eigenvalue weighted by molar-refractivity contribution is 7.12. The number of anilines is 1. The first kappa shape index (κ1) is 15.6. The van der Waals surface area contributed by atoms with Crippen molar-refractivity contribution >= 4 is 34.5 Å². The zero-order valence-corrected chi connectivity index (χ0v) is 13.9. The van der Waals surface area contributed by atoms with Crippen molar-refractivity contribution in [2.24, 2.45) is 7.05 Å². The monoisotopic (exact) mass is 347 g/mol. The minimum absolute atomic E-state index is 0.156. The van der Waals surface area contributed by atoms with Crippen molar-refractivity contribution in [3.63, 3.8) is 0 Å². The maximum Gasteiger partial charge on any atom is 0.265 e. The minimum atomic E-state index is -0.156. The van der Waals surface area contributed by atoms with Crippen LogP contribution in [0.3, 0.4) is 0 Å². The van der Waals surface area contributed by atoms with Gasteiger partial charge in [0.05, 0.1) is 16.8 Å². The van der Waals surface area contributed by atoms with E-state index in [4.69, 9.17) is 16.3 Å². The molecule has 0 fully saturated rings. The molecule has 0 unspecified atom stereocenters. The number of hydrogen-bond acceptors (Lipinski definition) is 4. The number of aromatic nitrogens is 2. The molecule has 0 atom stereocenters. The molecule has 2 aromatic heterocycles. The van der Waals surface area contributed by atoms with Gasteiger partial charge in [-0.25, -0.2) is 0 Å². The molecule has 0 aliphatic rings. The van der Waals surface area contributed by atoms with Gasteiger partial charge in [0.2, 0.25) is 0 Å². The molecule has 1 aromatic carbocycles. The number of ether oxygens (including phenoxy) is 1. The summed E-state index contributed by atoms with van der Waals surface area (Å²) in [6.07, 6.45) is 3.35. The number of carbonyl (C=O) groups is 1. The van der Waals surface area contributed by atoms with Gasteiger partial charge >= 0.3 is 0 Å². The molecule has 0 saturated heterocycles. The zero-order chi connectivity index (χ0) is 16.2. The number of halogens is 1. The van der Waals surface area contributed by atoms with E-state index in [0.717, 1.165) is 5.56 Å². The molecule has 0 bridgehead atoms.